The van der Waals surface area contributed by atoms with Crippen molar-refractivity contribution >= 4 is 0 Å². The molecule has 3 atom stereocenters. The van der Waals surface area contributed by atoms with Crippen LogP contribution in [0.25, 0.3) is 0 Å². The highest BCUT2D eigenvalue weighted by Gasteiger charge is 2.40. The Balaban J connectivity index is 1.53. The number of hydrogen-bond acceptors (Lipinski definition) is 3. The van der Waals surface area contributed by atoms with E-state index in [1.54, 1.807) is 6.20 Å². The minimum absolute atomic E-state index is 0.663. The molecule has 1 fully saturated rings. The summed E-state index contributed by atoms with van der Waals surface area (Å²) in [6, 6.07) is 4.61. The summed E-state index contributed by atoms with van der Waals surface area (Å²) in [5.41, 5.74) is 1.03. The molecular weight excluding hydrogens is 186 g/mol. The van der Waals surface area contributed by atoms with E-state index in [9.17, 15) is 0 Å². The Hall–Kier alpha value is -1.22. The number of rotatable bonds is 3. The van der Waals surface area contributed by atoms with Crippen LogP contribution in [0.4, 0.5) is 0 Å². The molecule has 0 radical (unpaired) electrons. The molecule has 3 unspecified atom stereocenters. The van der Waals surface area contributed by atoms with E-state index in [0.29, 0.717) is 6.04 Å². The molecule has 2 aliphatic carbocycles. The summed E-state index contributed by atoms with van der Waals surface area (Å²) >= 11 is 0. The molecule has 1 N–H and O–H groups in total. The smallest absolute Gasteiger partial charge is 0.0769 e. The largest absolute Gasteiger partial charge is 0.308 e. The van der Waals surface area contributed by atoms with Crippen LogP contribution in [0.2, 0.25) is 0 Å². The van der Waals surface area contributed by atoms with Crippen LogP contribution in [-0.4, -0.2) is 16.2 Å². The molecule has 2 aliphatic rings. The van der Waals surface area contributed by atoms with Crippen LogP contribution in [0.5, 0.6) is 0 Å². The van der Waals surface area contributed by atoms with Crippen molar-refractivity contribution in [2.24, 2.45) is 11.8 Å². The lowest BCUT2D eigenvalue weighted by Crippen LogP contribution is -2.47. The predicted octanol–water partition coefficient (Wildman–Crippen LogP) is 1.53. The van der Waals surface area contributed by atoms with Gasteiger partial charge in [0.1, 0.15) is 0 Å². The molecule has 0 aromatic carbocycles. The molecule has 1 aromatic heterocycles. The second kappa shape index (κ2) is 3.74. The predicted molar refractivity (Wildman–Crippen MR) is 58.0 cm³/mol. The maximum atomic E-state index is 4.06. The van der Waals surface area contributed by atoms with Crippen LogP contribution in [-0.2, 0) is 6.54 Å². The molecule has 1 aromatic rings. The average Bonchev–Trinajstić information content (AvgIpc) is 2.62. The summed E-state index contributed by atoms with van der Waals surface area (Å²) in [7, 11) is 0. The van der Waals surface area contributed by atoms with Gasteiger partial charge in [-0.3, -0.25) is 0 Å². The third kappa shape index (κ3) is 1.67. The number of fused-ring (bicyclic) bond motifs is 1. The minimum Gasteiger partial charge on any atom is -0.308 e. The van der Waals surface area contributed by atoms with Crippen LogP contribution >= 0.6 is 0 Å². The lowest BCUT2D eigenvalue weighted by molar-refractivity contribution is 0.161. The fraction of sp³-hybridized carbons (Fsp3) is 0.500. The van der Waals surface area contributed by atoms with Crippen LogP contribution < -0.4 is 5.32 Å². The van der Waals surface area contributed by atoms with Crippen LogP contribution in [0.1, 0.15) is 18.5 Å². The maximum absolute atomic E-state index is 4.06. The highest BCUT2D eigenvalue weighted by Crippen LogP contribution is 2.42. The van der Waals surface area contributed by atoms with Gasteiger partial charge in [-0.15, -0.1) is 0 Å². The Morgan fingerprint density at radius 2 is 2.47 bits per heavy atom. The summed E-state index contributed by atoms with van der Waals surface area (Å²) in [5, 5.41) is 11.5. The van der Waals surface area contributed by atoms with E-state index in [1.807, 2.05) is 12.1 Å². The van der Waals surface area contributed by atoms with Gasteiger partial charge in [0, 0.05) is 18.8 Å². The van der Waals surface area contributed by atoms with Crippen LogP contribution in [0, 0.1) is 11.8 Å². The lowest BCUT2D eigenvalue weighted by Gasteiger charge is -2.40. The molecule has 1 saturated carbocycles. The van der Waals surface area contributed by atoms with Crippen LogP contribution in [0.3, 0.4) is 0 Å². The first-order valence-corrected chi connectivity index (χ1v) is 5.60. The first kappa shape index (κ1) is 9.04. The minimum atomic E-state index is 0.663. The molecular formula is C12H15N3. The maximum Gasteiger partial charge on any atom is 0.0769 e. The van der Waals surface area contributed by atoms with E-state index in [4.69, 9.17) is 0 Å². The van der Waals surface area contributed by atoms with Crippen molar-refractivity contribution < 1.29 is 0 Å². The molecule has 78 valence electrons. The van der Waals surface area contributed by atoms with Gasteiger partial charge in [-0.05, 0) is 36.8 Å². The van der Waals surface area contributed by atoms with Gasteiger partial charge in [0.05, 0.1) is 5.69 Å². The molecule has 0 bridgehead atoms. The third-order valence-electron chi connectivity index (χ3n) is 3.54. The Labute approximate surface area is 89.6 Å². The Morgan fingerprint density at radius 3 is 3.27 bits per heavy atom. The zero-order valence-corrected chi connectivity index (χ0v) is 8.63. The van der Waals surface area contributed by atoms with Crippen LogP contribution in [0.15, 0.2) is 30.5 Å². The van der Waals surface area contributed by atoms with Crippen molar-refractivity contribution in [3.8, 4) is 0 Å². The highest BCUT2D eigenvalue weighted by molar-refractivity contribution is 5.13. The number of aromatic nitrogens is 2. The first-order valence-electron chi connectivity index (χ1n) is 5.60. The quantitative estimate of drug-likeness (QED) is 0.754. The number of nitrogens with zero attached hydrogens (tertiary/aromatic N) is 2. The van der Waals surface area contributed by atoms with Crippen molar-refractivity contribution in [1.82, 2.24) is 15.5 Å². The SMILES string of the molecule is C1=CC2C(C1)CC2NCc1cccnn1. The molecule has 3 heteroatoms. The van der Waals surface area contributed by atoms with Gasteiger partial charge < -0.3 is 5.32 Å². The van der Waals surface area contributed by atoms with Crippen molar-refractivity contribution in [3.05, 3.63) is 36.2 Å². The van der Waals surface area contributed by atoms with Gasteiger partial charge in [0.2, 0.25) is 0 Å². The van der Waals surface area contributed by atoms with E-state index >= 15 is 0 Å². The zero-order chi connectivity index (χ0) is 10.1. The third-order valence-corrected chi connectivity index (χ3v) is 3.54. The number of nitrogens with one attached hydrogen (secondary N) is 1. The summed E-state index contributed by atoms with van der Waals surface area (Å²) in [5.74, 6) is 1.70. The monoisotopic (exact) mass is 201 g/mol. The van der Waals surface area contributed by atoms with E-state index in [1.165, 1.54) is 12.8 Å². The van der Waals surface area contributed by atoms with Crippen molar-refractivity contribution in [3.63, 3.8) is 0 Å². The number of allylic oxidation sites excluding steroid dienone is 1. The zero-order valence-electron chi connectivity index (χ0n) is 8.63. The molecule has 0 amide bonds. The molecule has 3 rings (SSSR count). The Kier molecular flexibility index (Phi) is 2.25. The standard InChI is InChI=1S/C12H15N3/c1-3-9-7-12(11(9)5-1)13-8-10-4-2-6-14-15-10/h1-2,4-6,9,11-13H,3,7-8H2. The Bertz CT molecular complexity index is 360. The van der Waals surface area contributed by atoms with E-state index in [-0.39, 0.29) is 0 Å². The lowest BCUT2D eigenvalue weighted by atomic mass is 9.71. The van der Waals surface area contributed by atoms with E-state index < -0.39 is 0 Å². The fourth-order valence-corrected chi connectivity index (χ4v) is 2.61. The van der Waals surface area contributed by atoms with Gasteiger partial charge in [0.25, 0.3) is 0 Å². The normalized spacial score (nSPS) is 32.4. The highest BCUT2D eigenvalue weighted by atomic mass is 15.1. The van der Waals surface area contributed by atoms with E-state index in [2.05, 4.69) is 27.7 Å². The summed E-state index contributed by atoms with van der Waals surface area (Å²) in [6.07, 6.45) is 9.00. The topological polar surface area (TPSA) is 37.8 Å². The second-order valence-corrected chi connectivity index (χ2v) is 4.44. The number of hydrogen-bond donors (Lipinski definition) is 1. The first-order chi connectivity index (χ1) is 7.43. The van der Waals surface area contributed by atoms with Gasteiger partial charge >= 0.3 is 0 Å². The van der Waals surface area contributed by atoms with E-state index in [0.717, 1.165) is 24.1 Å². The fourth-order valence-electron chi connectivity index (χ4n) is 2.61. The molecule has 3 nitrogen and oxygen atoms in total. The molecule has 1 heterocycles. The Morgan fingerprint density at radius 1 is 1.47 bits per heavy atom. The summed E-state index contributed by atoms with van der Waals surface area (Å²) < 4.78 is 0. The molecule has 0 aliphatic heterocycles. The van der Waals surface area contributed by atoms with Crippen molar-refractivity contribution in [2.75, 3.05) is 0 Å². The average molecular weight is 201 g/mol. The van der Waals surface area contributed by atoms with Gasteiger partial charge in [-0.2, -0.15) is 10.2 Å². The summed E-state index contributed by atoms with van der Waals surface area (Å²) in [4.78, 5) is 0. The van der Waals surface area contributed by atoms with Gasteiger partial charge in [-0.25, -0.2) is 0 Å². The van der Waals surface area contributed by atoms with Crippen molar-refractivity contribution in [2.45, 2.75) is 25.4 Å². The molecule has 0 spiro atoms. The van der Waals surface area contributed by atoms with Crippen molar-refractivity contribution in [1.29, 1.82) is 0 Å². The summed E-state index contributed by atoms with van der Waals surface area (Å²) in [6.45, 7) is 0.843. The molecule has 15 heavy (non-hydrogen) atoms. The van der Waals surface area contributed by atoms with Gasteiger partial charge in [0.15, 0.2) is 0 Å². The second-order valence-electron chi connectivity index (χ2n) is 4.44. The van der Waals surface area contributed by atoms with Gasteiger partial charge in [-0.1, -0.05) is 12.2 Å². The molecule has 0 saturated heterocycles.